The maximum atomic E-state index is 13.0. The number of halogens is 2. The topological polar surface area (TPSA) is 66.4 Å². The molecule has 2 N–H and O–H groups in total. The summed E-state index contributed by atoms with van der Waals surface area (Å²) in [6.45, 7) is 0. The van der Waals surface area contributed by atoms with E-state index in [0.717, 1.165) is 12.1 Å². The molecule has 0 unspecified atom stereocenters. The fourth-order valence-electron chi connectivity index (χ4n) is 1.42. The van der Waals surface area contributed by atoms with Crippen molar-refractivity contribution in [2.75, 3.05) is 4.72 Å². The monoisotopic (exact) mass is 301 g/mol. The highest BCUT2D eigenvalue weighted by molar-refractivity contribution is 7.92. The Hall–Kier alpha value is -1.79. The van der Waals surface area contributed by atoms with Gasteiger partial charge in [0.25, 0.3) is 10.0 Å². The predicted octanol–water partition coefficient (Wildman–Crippen LogP) is 2.99. The molecule has 0 heterocycles. The van der Waals surface area contributed by atoms with Crippen molar-refractivity contribution in [1.82, 2.24) is 0 Å². The van der Waals surface area contributed by atoms with Crippen LogP contribution in [-0.2, 0) is 10.0 Å². The highest BCUT2D eigenvalue weighted by atomic mass is 35.5. The minimum atomic E-state index is -3.91. The van der Waals surface area contributed by atoms with Crippen LogP contribution < -0.4 is 4.72 Å². The van der Waals surface area contributed by atoms with E-state index in [4.69, 9.17) is 11.6 Å². The number of rotatable bonds is 3. The summed E-state index contributed by atoms with van der Waals surface area (Å²) >= 11 is 5.61. The van der Waals surface area contributed by atoms with Gasteiger partial charge in [0.05, 0.1) is 15.6 Å². The molecule has 0 atom stereocenters. The van der Waals surface area contributed by atoms with Crippen molar-refractivity contribution in [3.63, 3.8) is 0 Å². The number of sulfonamides is 1. The molecule has 0 radical (unpaired) electrons. The number of aromatic hydroxyl groups is 1. The third kappa shape index (κ3) is 3.15. The second-order valence-corrected chi connectivity index (χ2v) is 5.82. The van der Waals surface area contributed by atoms with Crippen LogP contribution in [-0.4, -0.2) is 13.5 Å². The van der Waals surface area contributed by atoms with Gasteiger partial charge in [-0.15, -0.1) is 0 Å². The minimum absolute atomic E-state index is 0.105. The molecule has 0 aromatic heterocycles. The molecule has 2 aromatic carbocycles. The van der Waals surface area contributed by atoms with Gasteiger partial charge >= 0.3 is 0 Å². The van der Waals surface area contributed by atoms with Gasteiger partial charge in [-0.1, -0.05) is 17.7 Å². The van der Waals surface area contributed by atoms with Crippen molar-refractivity contribution >= 4 is 27.3 Å². The standard InChI is InChI=1S/C12H9ClFNO3S/c13-11-5-4-9(7-12(11)16)15-19(17,18)10-3-1-2-8(14)6-10/h1-7,15-16H. The van der Waals surface area contributed by atoms with Gasteiger partial charge in [-0.3, -0.25) is 4.72 Å². The van der Waals surface area contributed by atoms with Crippen LogP contribution >= 0.6 is 11.6 Å². The van der Waals surface area contributed by atoms with Crippen LogP contribution in [0.5, 0.6) is 5.75 Å². The first kappa shape index (κ1) is 13.6. The van der Waals surface area contributed by atoms with Gasteiger partial charge < -0.3 is 5.11 Å². The minimum Gasteiger partial charge on any atom is -0.506 e. The average Bonchev–Trinajstić information content (AvgIpc) is 2.33. The predicted molar refractivity (Wildman–Crippen MR) is 70.3 cm³/mol. The lowest BCUT2D eigenvalue weighted by Crippen LogP contribution is -2.13. The van der Waals surface area contributed by atoms with E-state index in [0.29, 0.717) is 0 Å². The van der Waals surface area contributed by atoms with Crippen molar-refractivity contribution in [2.45, 2.75) is 4.90 Å². The van der Waals surface area contributed by atoms with Crippen LogP contribution in [0.15, 0.2) is 47.4 Å². The lowest BCUT2D eigenvalue weighted by molar-refractivity contribution is 0.476. The molecule has 0 aliphatic rings. The van der Waals surface area contributed by atoms with Crippen molar-refractivity contribution in [1.29, 1.82) is 0 Å². The van der Waals surface area contributed by atoms with E-state index in [1.54, 1.807) is 0 Å². The largest absolute Gasteiger partial charge is 0.506 e. The number of anilines is 1. The third-order valence-electron chi connectivity index (χ3n) is 2.30. The van der Waals surface area contributed by atoms with Crippen LogP contribution in [0.3, 0.4) is 0 Å². The SMILES string of the molecule is O=S(=O)(Nc1ccc(Cl)c(O)c1)c1cccc(F)c1. The summed E-state index contributed by atoms with van der Waals surface area (Å²) in [4.78, 5) is -0.207. The summed E-state index contributed by atoms with van der Waals surface area (Å²) < 4.78 is 39.1. The zero-order valence-corrected chi connectivity index (χ0v) is 11.0. The summed E-state index contributed by atoms with van der Waals surface area (Å²) in [5.41, 5.74) is 0.131. The maximum Gasteiger partial charge on any atom is 0.261 e. The molecular formula is C12H9ClFNO3S. The van der Waals surface area contributed by atoms with Crippen molar-refractivity contribution < 1.29 is 17.9 Å². The summed E-state index contributed by atoms with van der Waals surface area (Å²) in [7, 11) is -3.91. The highest BCUT2D eigenvalue weighted by Gasteiger charge is 2.15. The van der Waals surface area contributed by atoms with Crippen LogP contribution in [0.4, 0.5) is 10.1 Å². The number of hydrogen-bond donors (Lipinski definition) is 2. The summed E-state index contributed by atoms with van der Waals surface area (Å²) in [6, 6.07) is 8.51. The molecule has 0 amide bonds. The first-order chi connectivity index (χ1) is 8.88. The third-order valence-corrected chi connectivity index (χ3v) is 4.00. The first-order valence-electron chi connectivity index (χ1n) is 5.15. The van der Waals surface area contributed by atoms with Gasteiger partial charge in [-0.2, -0.15) is 0 Å². The molecule has 0 saturated carbocycles. The Labute approximate surface area is 114 Å². The number of benzene rings is 2. The van der Waals surface area contributed by atoms with Crippen molar-refractivity contribution in [3.05, 3.63) is 53.3 Å². The molecule has 7 heteroatoms. The van der Waals surface area contributed by atoms with E-state index in [1.165, 1.54) is 30.3 Å². The lowest BCUT2D eigenvalue weighted by atomic mass is 10.3. The van der Waals surface area contributed by atoms with E-state index in [2.05, 4.69) is 4.72 Å². The van der Waals surface area contributed by atoms with E-state index in [1.807, 2.05) is 0 Å². The molecule has 19 heavy (non-hydrogen) atoms. The Morgan fingerprint density at radius 1 is 1.16 bits per heavy atom. The Balaban J connectivity index is 2.33. The molecule has 0 saturated heterocycles. The zero-order valence-electron chi connectivity index (χ0n) is 9.47. The highest BCUT2D eigenvalue weighted by Crippen LogP contribution is 2.27. The van der Waals surface area contributed by atoms with Gasteiger partial charge in [0.2, 0.25) is 0 Å². The van der Waals surface area contributed by atoms with Gasteiger partial charge in [-0.25, -0.2) is 12.8 Å². The number of nitrogens with one attached hydrogen (secondary N) is 1. The van der Waals surface area contributed by atoms with Gasteiger partial charge in [0.1, 0.15) is 11.6 Å². The van der Waals surface area contributed by atoms with Crippen LogP contribution in [0.25, 0.3) is 0 Å². The lowest BCUT2D eigenvalue weighted by Gasteiger charge is -2.08. The molecule has 0 fully saturated rings. The number of phenols is 1. The zero-order chi connectivity index (χ0) is 14.0. The van der Waals surface area contributed by atoms with Gasteiger partial charge in [-0.05, 0) is 30.3 Å². The second-order valence-electron chi connectivity index (χ2n) is 3.73. The number of hydrogen-bond acceptors (Lipinski definition) is 3. The Morgan fingerprint density at radius 2 is 1.89 bits per heavy atom. The Morgan fingerprint density at radius 3 is 2.53 bits per heavy atom. The maximum absolute atomic E-state index is 13.0. The van der Waals surface area contributed by atoms with Crippen molar-refractivity contribution in [2.24, 2.45) is 0 Å². The summed E-state index contributed by atoms with van der Waals surface area (Å²) in [6.07, 6.45) is 0. The molecule has 0 aliphatic heterocycles. The molecule has 0 bridgehead atoms. The first-order valence-corrected chi connectivity index (χ1v) is 7.01. The van der Waals surface area contributed by atoms with Gasteiger partial charge in [0.15, 0.2) is 0 Å². The Bertz CT molecular complexity index is 719. The van der Waals surface area contributed by atoms with E-state index in [9.17, 15) is 17.9 Å². The molecule has 4 nitrogen and oxygen atoms in total. The fourth-order valence-corrected chi connectivity index (χ4v) is 2.62. The number of phenolic OH excluding ortho intramolecular Hbond substituents is 1. The van der Waals surface area contributed by atoms with Gasteiger partial charge in [0, 0.05) is 6.07 Å². The van der Waals surface area contributed by atoms with Crippen molar-refractivity contribution in [3.8, 4) is 5.75 Å². The van der Waals surface area contributed by atoms with E-state index < -0.39 is 15.8 Å². The molecular weight excluding hydrogens is 293 g/mol. The molecule has 2 aromatic rings. The molecule has 100 valence electrons. The van der Waals surface area contributed by atoms with Crippen LogP contribution in [0.1, 0.15) is 0 Å². The molecule has 0 spiro atoms. The van der Waals surface area contributed by atoms with E-state index >= 15 is 0 Å². The smallest absolute Gasteiger partial charge is 0.261 e. The summed E-state index contributed by atoms with van der Waals surface area (Å²) in [5, 5.41) is 9.49. The molecule has 2 rings (SSSR count). The second kappa shape index (κ2) is 5.07. The van der Waals surface area contributed by atoms with Crippen LogP contribution in [0, 0.1) is 5.82 Å². The average molecular weight is 302 g/mol. The summed E-state index contributed by atoms with van der Waals surface area (Å²) in [5.74, 6) is -0.900. The fraction of sp³-hybridized carbons (Fsp3) is 0. The normalized spacial score (nSPS) is 11.3. The van der Waals surface area contributed by atoms with E-state index in [-0.39, 0.29) is 21.4 Å². The quantitative estimate of drug-likeness (QED) is 0.916. The molecule has 0 aliphatic carbocycles. The Kier molecular flexibility index (Phi) is 3.64. The van der Waals surface area contributed by atoms with Crippen LogP contribution in [0.2, 0.25) is 5.02 Å².